The molecule has 94 valence electrons. The van der Waals surface area contributed by atoms with Crippen LogP contribution in [-0.4, -0.2) is 25.2 Å². The summed E-state index contributed by atoms with van der Waals surface area (Å²) >= 11 is 2.20. The van der Waals surface area contributed by atoms with Crippen molar-refractivity contribution in [2.75, 3.05) is 5.75 Å². The lowest BCUT2D eigenvalue weighted by Gasteiger charge is -2.17. The van der Waals surface area contributed by atoms with Crippen LogP contribution in [0.4, 0.5) is 0 Å². The molecule has 1 fully saturated rings. The molecule has 0 heterocycles. The van der Waals surface area contributed by atoms with Crippen molar-refractivity contribution >= 4 is 24.6 Å². The Kier molecular flexibility index (Phi) is 6.74. The van der Waals surface area contributed by atoms with E-state index < -0.39 is 7.22 Å². The topological polar surface area (TPSA) is 12.4 Å². The van der Waals surface area contributed by atoms with Crippen LogP contribution in [0.1, 0.15) is 44.9 Å². The first-order valence-electron chi connectivity index (χ1n) is 6.73. The summed E-state index contributed by atoms with van der Waals surface area (Å²) in [4.78, 5) is 4.69. The Morgan fingerprint density at radius 1 is 1.19 bits per heavy atom. The Bertz CT molecular complexity index is 204. The summed E-state index contributed by atoms with van der Waals surface area (Å²) in [6.07, 6.45) is 11.6. The first-order chi connectivity index (χ1) is 7.58. The molecule has 0 spiro atoms. The van der Waals surface area contributed by atoms with Gasteiger partial charge in [-0.15, -0.1) is 0 Å². The SMILES string of the molecule is C[Si](C)(C)SCCC/C=N\C1CCCCC1. The maximum atomic E-state index is 4.69. The van der Waals surface area contributed by atoms with E-state index in [2.05, 4.69) is 37.1 Å². The van der Waals surface area contributed by atoms with Gasteiger partial charge in [0.2, 0.25) is 0 Å². The fraction of sp³-hybridized carbons (Fsp3) is 0.923. The van der Waals surface area contributed by atoms with Gasteiger partial charge in [-0.2, -0.15) is 11.2 Å². The number of unbranched alkanes of at least 4 members (excludes halogenated alkanes) is 1. The first-order valence-corrected chi connectivity index (χ1v) is 11.9. The Labute approximate surface area is 106 Å². The van der Waals surface area contributed by atoms with Gasteiger partial charge >= 0.3 is 0 Å². The van der Waals surface area contributed by atoms with Gasteiger partial charge in [0.1, 0.15) is 7.22 Å². The lowest BCUT2D eigenvalue weighted by atomic mass is 9.96. The molecule has 16 heavy (non-hydrogen) atoms. The summed E-state index contributed by atoms with van der Waals surface area (Å²) in [5.74, 6) is 1.33. The van der Waals surface area contributed by atoms with Crippen LogP contribution >= 0.6 is 11.2 Å². The quantitative estimate of drug-likeness (QED) is 0.380. The highest BCUT2D eigenvalue weighted by atomic mass is 32.4. The molecular formula is C13H27NSSi. The second kappa shape index (κ2) is 7.54. The van der Waals surface area contributed by atoms with Gasteiger partial charge < -0.3 is 0 Å². The van der Waals surface area contributed by atoms with Gasteiger partial charge in [-0.25, -0.2) is 0 Å². The third kappa shape index (κ3) is 7.50. The molecule has 0 aliphatic heterocycles. The maximum Gasteiger partial charge on any atom is 0.108 e. The van der Waals surface area contributed by atoms with Crippen LogP contribution < -0.4 is 0 Å². The third-order valence-electron chi connectivity index (χ3n) is 2.90. The summed E-state index contributed by atoms with van der Waals surface area (Å²) in [6, 6.07) is 0.665. The molecule has 0 aromatic heterocycles. The van der Waals surface area contributed by atoms with Gasteiger partial charge in [0.05, 0.1) is 0 Å². The zero-order chi connectivity index (χ0) is 11.9. The van der Waals surface area contributed by atoms with Gasteiger partial charge in [-0.3, -0.25) is 4.99 Å². The molecule has 1 saturated carbocycles. The highest BCUT2D eigenvalue weighted by Crippen LogP contribution is 2.21. The Hall–Kier alpha value is 0.237. The summed E-state index contributed by atoms with van der Waals surface area (Å²) in [5.41, 5.74) is 0. The van der Waals surface area contributed by atoms with E-state index in [0.717, 1.165) is 0 Å². The molecule has 0 N–H and O–H groups in total. The average Bonchev–Trinajstić information content (AvgIpc) is 2.23. The number of hydrogen-bond acceptors (Lipinski definition) is 2. The van der Waals surface area contributed by atoms with Gasteiger partial charge in [0, 0.05) is 6.04 Å². The van der Waals surface area contributed by atoms with Crippen molar-refractivity contribution < 1.29 is 0 Å². The Balaban J connectivity index is 1.99. The van der Waals surface area contributed by atoms with Crippen LogP contribution in [0.3, 0.4) is 0 Å². The zero-order valence-electron chi connectivity index (χ0n) is 11.2. The smallest absolute Gasteiger partial charge is 0.108 e. The number of nitrogens with zero attached hydrogens (tertiary/aromatic N) is 1. The molecule has 0 amide bonds. The van der Waals surface area contributed by atoms with Crippen molar-refractivity contribution in [2.45, 2.75) is 70.6 Å². The van der Waals surface area contributed by atoms with Crippen molar-refractivity contribution in [3.63, 3.8) is 0 Å². The standard InChI is InChI=1S/C13H27NSSi/c1-16(2,3)15-12-8-7-11-14-13-9-5-4-6-10-13/h11,13H,4-10,12H2,1-3H3/b14-11-. The molecule has 0 unspecified atom stereocenters. The highest BCUT2D eigenvalue weighted by Gasteiger charge is 2.12. The van der Waals surface area contributed by atoms with Crippen LogP contribution in [0.5, 0.6) is 0 Å². The van der Waals surface area contributed by atoms with E-state index in [-0.39, 0.29) is 0 Å². The molecule has 0 aromatic rings. The van der Waals surface area contributed by atoms with E-state index in [0.29, 0.717) is 6.04 Å². The average molecular weight is 258 g/mol. The number of aliphatic imine (C=N–C) groups is 1. The molecule has 0 aromatic carbocycles. The van der Waals surface area contributed by atoms with Crippen molar-refractivity contribution in [2.24, 2.45) is 4.99 Å². The molecule has 0 saturated heterocycles. The molecule has 0 bridgehead atoms. The van der Waals surface area contributed by atoms with Gasteiger partial charge in [0.15, 0.2) is 0 Å². The minimum absolute atomic E-state index is 0.665. The van der Waals surface area contributed by atoms with Crippen molar-refractivity contribution in [1.29, 1.82) is 0 Å². The van der Waals surface area contributed by atoms with E-state index in [9.17, 15) is 0 Å². The van der Waals surface area contributed by atoms with E-state index in [1.807, 2.05) is 0 Å². The van der Waals surface area contributed by atoms with E-state index in [1.165, 1.54) is 50.7 Å². The van der Waals surface area contributed by atoms with Gasteiger partial charge in [-0.05, 0) is 37.7 Å². The Morgan fingerprint density at radius 2 is 1.88 bits per heavy atom. The lowest BCUT2D eigenvalue weighted by Crippen LogP contribution is -2.14. The molecule has 0 radical (unpaired) electrons. The van der Waals surface area contributed by atoms with Gasteiger partial charge in [0.25, 0.3) is 0 Å². The Morgan fingerprint density at radius 3 is 2.50 bits per heavy atom. The molecule has 0 atom stereocenters. The van der Waals surface area contributed by atoms with Crippen LogP contribution in [-0.2, 0) is 0 Å². The lowest BCUT2D eigenvalue weighted by molar-refractivity contribution is 0.444. The van der Waals surface area contributed by atoms with Crippen molar-refractivity contribution in [3.8, 4) is 0 Å². The number of rotatable bonds is 6. The molecule has 1 nitrogen and oxygen atoms in total. The fourth-order valence-corrected chi connectivity index (χ4v) is 5.20. The van der Waals surface area contributed by atoms with Crippen LogP contribution in [0.2, 0.25) is 19.6 Å². The second-order valence-electron chi connectivity index (χ2n) is 5.73. The largest absolute Gasteiger partial charge is 0.294 e. The van der Waals surface area contributed by atoms with E-state index in [4.69, 9.17) is 4.99 Å². The molecule has 1 aliphatic carbocycles. The molecule has 3 heteroatoms. The number of hydrogen-bond donors (Lipinski definition) is 0. The maximum absolute atomic E-state index is 4.69. The van der Waals surface area contributed by atoms with Crippen LogP contribution in [0, 0.1) is 0 Å². The summed E-state index contributed by atoms with van der Waals surface area (Å²) in [6.45, 7) is 7.27. The van der Waals surface area contributed by atoms with Crippen LogP contribution in [0.15, 0.2) is 4.99 Å². The summed E-state index contributed by atoms with van der Waals surface area (Å²) in [7, 11) is -0.877. The van der Waals surface area contributed by atoms with E-state index >= 15 is 0 Å². The van der Waals surface area contributed by atoms with E-state index in [1.54, 1.807) is 0 Å². The van der Waals surface area contributed by atoms with Crippen molar-refractivity contribution in [3.05, 3.63) is 0 Å². The molecule has 1 aliphatic rings. The highest BCUT2D eigenvalue weighted by molar-refractivity contribution is 8.28. The zero-order valence-corrected chi connectivity index (χ0v) is 13.0. The summed E-state index contributed by atoms with van der Waals surface area (Å²) < 4.78 is 0. The molecule has 1 rings (SSSR count). The fourth-order valence-electron chi connectivity index (χ4n) is 2.01. The third-order valence-corrected chi connectivity index (χ3v) is 7.47. The monoisotopic (exact) mass is 257 g/mol. The van der Waals surface area contributed by atoms with Crippen LogP contribution in [0.25, 0.3) is 0 Å². The predicted molar refractivity (Wildman–Crippen MR) is 80.4 cm³/mol. The van der Waals surface area contributed by atoms with Gasteiger partial charge in [-0.1, -0.05) is 38.9 Å². The van der Waals surface area contributed by atoms with Crippen molar-refractivity contribution in [1.82, 2.24) is 0 Å². The first kappa shape index (κ1) is 14.3. The normalized spacial score (nSPS) is 19.4. The molecular weight excluding hydrogens is 230 g/mol. The summed E-state index contributed by atoms with van der Waals surface area (Å²) in [5, 5.41) is 0. The minimum atomic E-state index is -0.877. The predicted octanol–water partition coefficient (Wildman–Crippen LogP) is 4.74. The second-order valence-corrected chi connectivity index (χ2v) is 15.2. The minimum Gasteiger partial charge on any atom is -0.294 e.